The molecule has 0 rings (SSSR count). The zero-order chi connectivity index (χ0) is 19.2. The smallest absolute Gasteiger partial charge is 0.361 e. The van der Waals surface area contributed by atoms with Crippen LogP contribution in [-0.4, -0.2) is 76.3 Å². The molecule has 0 saturated carbocycles. The van der Waals surface area contributed by atoms with Crippen LogP contribution in [0.3, 0.4) is 0 Å². The predicted octanol–water partition coefficient (Wildman–Crippen LogP) is 1.66. The van der Waals surface area contributed by atoms with E-state index in [2.05, 4.69) is 9.46 Å². The molecule has 0 amide bonds. The van der Waals surface area contributed by atoms with Crippen molar-refractivity contribution < 1.29 is 49.4 Å². The fraction of sp³-hybridized carbons (Fsp3) is 1.00. The van der Waals surface area contributed by atoms with Crippen LogP contribution < -0.4 is 4.72 Å². The van der Waals surface area contributed by atoms with Crippen molar-refractivity contribution in [1.82, 2.24) is 4.72 Å². The number of nitrogens with zero attached hydrogens (tertiary/aromatic N) is 1. The van der Waals surface area contributed by atoms with E-state index in [9.17, 15) is 40.0 Å². The molecule has 0 atom stereocenters. The van der Waals surface area contributed by atoms with E-state index in [1.807, 2.05) is 0 Å². The first-order valence-corrected chi connectivity index (χ1v) is 8.48. The normalized spacial score (nSPS) is 14.4. The number of halogens is 6. The third-order valence-corrected chi connectivity index (χ3v) is 4.11. The third-order valence-electron chi connectivity index (χ3n) is 2.64. The molecule has 0 aromatic heterocycles. The molecule has 0 aliphatic rings. The van der Waals surface area contributed by atoms with Crippen molar-refractivity contribution in [2.24, 2.45) is 0 Å². The van der Waals surface area contributed by atoms with Crippen molar-refractivity contribution in [1.29, 1.82) is 0 Å². The molecule has 0 heterocycles. The first kappa shape index (κ1) is 23.4. The molecule has 0 aliphatic heterocycles. The maximum atomic E-state index is 12.2. The zero-order valence-electron chi connectivity index (χ0n) is 13.1. The Morgan fingerprint density at radius 2 is 1.58 bits per heavy atom. The van der Waals surface area contributed by atoms with Crippen LogP contribution in [0.15, 0.2) is 0 Å². The highest BCUT2D eigenvalue weighted by Gasteiger charge is 2.57. The van der Waals surface area contributed by atoms with E-state index in [0.717, 1.165) is 0 Å². The molecular formula is C11H21F6N2O4S+. The fourth-order valence-electron chi connectivity index (χ4n) is 1.59. The number of hydrogen-bond acceptors (Lipinski definition) is 4. The second-order valence-electron chi connectivity index (χ2n) is 5.60. The van der Waals surface area contributed by atoms with E-state index >= 15 is 0 Å². The summed E-state index contributed by atoms with van der Waals surface area (Å²) in [6.07, 6.45) is -15.4. The van der Waals surface area contributed by atoms with E-state index in [-0.39, 0.29) is 17.7 Å². The lowest BCUT2D eigenvalue weighted by Crippen LogP contribution is -2.44. The summed E-state index contributed by atoms with van der Waals surface area (Å²) in [5.74, 6) is -0.674. The number of hydroxylamine groups is 3. The van der Waals surface area contributed by atoms with Crippen LogP contribution in [0.4, 0.5) is 26.3 Å². The Balaban J connectivity index is 4.21. The molecule has 0 unspecified atom stereocenters. The molecule has 0 aliphatic carbocycles. The van der Waals surface area contributed by atoms with Gasteiger partial charge in [0.1, 0.15) is 6.54 Å². The average molecular weight is 391 g/mol. The second kappa shape index (κ2) is 8.65. The van der Waals surface area contributed by atoms with Crippen LogP contribution in [0.5, 0.6) is 0 Å². The molecule has 0 radical (unpaired) electrons. The van der Waals surface area contributed by atoms with Crippen molar-refractivity contribution in [2.45, 2.75) is 31.3 Å². The van der Waals surface area contributed by atoms with Gasteiger partial charge in [-0.3, -0.25) is 0 Å². The molecule has 0 fully saturated rings. The Labute approximate surface area is 136 Å². The van der Waals surface area contributed by atoms with Gasteiger partial charge >= 0.3 is 12.4 Å². The molecule has 0 saturated heterocycles. The standard InChI is InChI=1S/C11H21F6N2O4S/c1-19(2,20)6-3-5-18-24(21,22)8-4-7-23-9(10(12,13)14)11(15,16)17/h9,18,20H,3-8H2,1-2H3/q+1. The predicted molar refractivity (Wildman–Crippen MR) is 71.6 cm³/mol. The summed E-state index contributed by atoms with van der Waals surface area (Å²) in [6, 6.07) is 0. The highest BCUT2D eigenvalue weighted by atomic mass is 32.2. The van der Waals surface area contributed by atoms with Gasteiger partial charge in [-0.25, -0.2) is 18.3 Å². The minimum absolute atomic E-state index is 0.0147. The zero-order valence-corrected chi connectivity index (χ0v) is 13.9. The highest BCUT2D eigenvalue weighted by Crippen LogP contribution is 2.35. The van der Waals surface area contributed by atoms with Gasteiger partial charge < -0.3 is 4.74 Å². The second-order valence-corrected chi connectivity index (χ2v) is 7.53. The number of alkyl halides is 6. The summed E-state index contributed by atoms with van der Waals surface area (Å²) in [5.41, 5.74) is 0. The Morgan fingerprint density at radius 3 is 2.00 bits per heavy atom. The van der Waals surface area contributed by atoms with Crippen molar-refractivity contribution in [3.63, 3.8) is 0 Å². The number of sulfonamides is 1. The molecule has 0 aromatic rings. The third kappa shape index (κ3) is 11.0. The average Bonchev–Trinajstić information content (AvgIpc) is 2.30. The SMILES string of the molecule is C[N+](C)(O)CCCNS(=O)(=O)CCCOC(C(F)(F)F)C(F)(F)F. The molecule has 0 spiro atoms. The summed E-state index contributed by atoms with van der Waals surface area (Å²) >= 11 is 0. The van der Waals surface area contributed by atoms with Crippen LogP contribution >= 0.6 is 0 Å². The summed E-state index contributed by atoms with van der Waals surface area (Å²) in [5, 5.41) is 9.36. The van der Waals surface area contributed by atoms with Gasteiger partial charge in [0, 0.05) is 19.6 Å². The summed E-state index contributed by atoms with van der Waals surface area (Å²) in [6.45, 7) is -0.769. The van der Waals surface area contributed by atoms with Gasteiger partial charge in [-0.15, -0.1) is 0 Å². The molecule has 6 nitrogen and oxygen atoms in total. The molecular weight excluding hydrogens is 370 g/mol. The highest BCUT2D eigenvalue weighted by molar-refractivity contribution is 7.89. The monoisotopic (exact) mass is 391 g/mol. The summed E-state index contributed by atoms with van der Waals surface area (Å²) in [7, 11) is -0.898. The van der Waals surface area contributed by atoms with Crippen molar-refractivity contribution in [3.8, 4) is 0 Å². The minimum Gasteiger partial charge on any atom is -0.361 e. The van der Waals surface area contributed by atoms with Gasteiger partial charge in [-0.1, -0.05) is 0 Å². The van der Waals surface area contributed by atoms with Gasteiger partial charge in [0.05, 0.1) is 19.8 Å². The van der Waals surface area contributed by atoms with Crippen LogP contribution in [0, 0.1) is 0 Å². The lowest BCUT2D eigenvalue weighted by molar-refractivity contribution is -1.07. The molecule has 0 aromatic carbocycles. The lowest BCUT2D eigenvalue weighted by Gasteiger charge is -2.23. The number of ether oxygens (including phenoxy) is 1. The van der Waals surface area contributed by atoms with E-state index in [1.54, 1.807) is 0 Å². The minimum atomic E-state index is -5.62. The Morgan fingerprint density at radius 1 is 1.08 bits per heavy atom. The fourth-order valence-corrected chi connectivity index (χ4v) is 2.69. The maximum Gasteiger partial charge on any atom is 0.423 e. The Bertz CT molecular complexity index is 458. The number of quaternary nitrogens is 1. The molecule has 146 valence electrons. The van der Waals surface area contributed by atoms with E-state index in [1.165, 1.54) is 14.1 Å². The quantitative estimate of drug-likeness (QED) is 0.257. The number of rotatable bonds is 10. The Hall–Kier alpha value is -0.630. The molecule has 2 N–H and O–H groups in total. The van der Waals surface area contributed by atoms with E-state index in [0.29, 0.717) is 6.42 Å². The maximum absolute atomic E-state index is 12.2. The number of nitrogens with one attached hydrogen (secondary N) is 1. The largest absolute Gasteiger partial charge is 0.423 e. The van der Waals surface area contributed by atoms with Gasteiger partial charge in [0.2, 0.25) is 16.1 Å². The van der Waals surface area contributed by atoms with E-state index < -0.39 is 47.3 Å². The van der Waals surface area contributed by atoms with Crippen LogP contribution in [0.25, 0.3) is 0 Å². The van der Waals surface area contributed by atoms with Crippen LogP contribution in [0.1, 0.15) is 12.8 Å². The van der Waals surface area contributed by atoms with E-state index in [4.69, 9.17) is 0 Å². The first-order valence-electron chi connectivity index (χ1n) is 6.83. The molecule has 24 heavy (non-hydrogen) atoms. The van der Waals surface area contributed by atoms with Gasteiger partial charge in [-0.05, 0) is 6.42 Å². The lowest BCUT2D eigenvalue weighted by atomic mass is 10.3. The van der Waals surface area contributed by atoms with Gasteiger partial charge in [0.15, 0.2) is 0 Å². The van der Waals surface area contributed by atoms with Gasteiger partial charge in [-0.2, -0.15) is 31.0 Å². The van der Waals surface area contributed by atoms with Crippen molar-refractivity contribution in [3.05, 3.63) is 0 Å². The van der Waals surface area contributed by atoms with Crippen LogP contribution in [-0.2, 0) is 14.8 Å². The summed E-state index contributed by atoms with van der Waals surface area (Å²) < 4.78 is 102. The van der Waals surface area contributed by atoms with Crippen LogP contribution in [0.2, 0.25) is 0 Å². The number of hydrogen-bond donors (Lipinski definition) is 2. The van der Waals surface area contributed by atoms with Crippen molar-refractivity contribution >= 4 is 10.0 Å². The Kier molecular flexibility index (Phi) is 8.42. The molecule has 0 bridgehead atoms. The first-order chi connectivity index (χ1) is 10.5. The summed E-state index contributed by atoms with van der Waals surface area (Å²) in [4.78, 5) is 0. The topological polar surface area (TPSA) is 75.6 Å². The molecule has 13 heteroatoms. The van der Waals surface area contributed by atoms with Crippen molar-refractivity contribution in [2.75, 3.05) is 39.5 Å². The van der Waals surface area contributed by atoms with Gasteiger partial charge in [0.25, 0.3) is 0 Å².